The summed E-state index contributed by atoms with van der Waals surface area (Å²) in [5, 5.41) is 0. The predicted molar refractivity (Wildman–Crippen MR) is 68.0 cm³/mol. The SMILES string of the molecule is Cc1ccccc1N1C=CN(CCN)[C@@H]1C. The van der Waals surface area contributed by atoms with Crippen LogP contribution in [0.4, 0.5) is 5.69 Å². The van der Waals surface area contributed by atoms with Gasteiger partial charge in [0, 0.05) is 31.2 Å². The molecule has 2 N–H and O–H groups in total. The summed E-state index contributed by atoms with van der Waals surface area (Å²) in [6.07, 6.45) is 4.59. The molecular weight excluding hydrogens is 198 g/mol. The molecule has 0 fully saturated rings. The van der Waals surface area contributed by atoms with E-state index < -0.39 is 0 Å². The Hall–Kier alpha value is -1.48. The largest absolute Gasteiger partial charge is 0.355 e. The van der Waals surface area contributed by atoms with E-state index in [4.69, 9.17) is 5.73 Å². The fraction of sp³-hybridized carbons (Fsp3) is 0.385. The maximum atomic E-state index is 5.59. The molecule has 16 heavy (non-hydrogen) atoms. The second-order valence-corrected chi connectivity index (χ2v) is 4.15. The van der Waals surface area contributed by atoms with Gasteiger partial charge in [-0.2, -0.15) is 0 Å². The van der Waals surface area contributed by atoms with Gasteiger partial charge in [0.05, 0.1) is 0 Å². The number of aryl methyl sites for hydroxylation is 1. The number of hydrogen-bond donors (Lipinski definition) is 1. The van der Waals surface area contributed by atoms with Gasteiger partial charge in [-0.1, -0.05) is 18.2 Å². The molecule has 0 aromatic heterocycles. The topological polar surface area (TPSA) is 32.5 Å². The Morgan fingerprint density at radius 2 is 2.00 bits per heavy atom. The highest BCUT2D eigenvalue weighted by molar-refractivity contribution is 5.56. The zero-order chi connectivity index (χ0) is 11.5. The average Bonchev–Trinajstić information content (AvgIpc) is 2.62. The van der Waals surface area contributed by atoms with Gasteiger partial charge in [0.25, 0.3) is 0 Å². The van der Waals surface area contributed by atoms with Gasteiger partial charge < -0.3 is 15.5 Å². The summed E-state index contributed by atoms with van der Waals surface area (Å²) in [6.45, 7) is 5.93. The van der Waals surface area contributed by atoms with Gasteiger partial charge in [0.1, 0.15) is 6.17 Å². The highest BCUT2D eigenvalue weighted by Crippen LogP contribution is 2.26. The van der Waals surface area contributed by atoms with Crippen LogP contribution in [0.3, 0.4) is 0 Å². The van der Waals surface area contributed by atoms with Gasteiger partial charge in [-0.25, -0.2) is 0 Å². The molecule has 2 rings (SSSR count). The third-order valence-corrected chi connectivity index (χ3v) is 3.08. The standard InChI is InChI=1S/C13H19N3/c1-11-5-3-4-6-13(11)16-10-9-15(8-7-14)12(16)2/h3-6,9-10,12H,7-8,14H2,1-2H3/t12-/m0/s1. The molecular formula is C13H19N3. The Labute approximate surface area is 97.2 Å². The molecule has 1 atom stereocenters. The van der Waals surface area contributed by atoms with Crippen LogP contribution < -0.4 is 10.6 Å². The molecule has 0 saturated carbocycles. The summed E-state index contributed by atoms with van der Waals surface area (Å²) < 4.78 is 0. The number of nitrogens with zero attached hydrogens (tertiary/aromatic N) is 2. The lowest BCUT2D eigenvalue weighted by molar-refractivity contribution is 0.326. The van der Waals surface area contributed by atoms with Crippen LogP contribution in [0.2, 0.25) is 0 Å². The molecule has 0 aliphatic carbocycles. The minimum Gasteiger partial charge on any atom is -0.355 e. The van der Waals surface area contributed by atoms with Crippen LogP contribution in [0.15, 0.2) is 36.7 Å². The van der Waals surface area contributed by atoms with Gasteiger partial charge in [-0.3, -0.25) is 0 Å². The molecule has 0 spiro atoms. The van der Waals surface area contributed by atoms with Crippen molar-refractivity contribution in [1.29, 1.82) is 0 Å². The van der Waals surface area contributed by atoms with Crippen molar-refractivity contribution in [3.05, 3.63) is 42.2 Å². The third-order valence-electron chi connectivity index (χ3n) is 3.08. The second kappa shape index (κ2) is 4.58. The number of hydrogen-bond acceptors (Lipinski definition) is 3. The summed E-state index contributed by atoms with van der Waals surface area (Å²) in [6, 6.07) is 8.44. The van der Waals surface area contributed by atoms with Gasteiger partial charge >= 0.3 is 0 Å². The molecule has 86 valence electrons. The van der Waals surface area contributed by atoms with Crippen molar-refractivity contribution in [3.8, 4) is 0 Å². The molecule has 3 heteroatoms. The van der Waals surface area contributed by atoms with E-state index in [1.807, 2.05) is 0 Å². The highest BCUT2D eigenvalue weighted by Gasteiger charge is 2.22. The number of rotatable bonds is 3. The monoisotopic (exact) mass is 217 g/mol. The maximum Gasteiger partial charge on any atom is 0.103 e. The Bertz CT molecular complexity index is 387. The minimum atomic E-state index is 0.352. The van der Waals surface area contributed by atoms with E-state index in [1.165, 1.54) is 11.3 Å². The van der Waals surface area contributed by atoms with E-state index in [-0.39, 0.29) is 0 Å². The van der Waals surface area contributed by atoms with Gasteiger partial charge in [-0.15, -0.1) is 0 Å². The van der Waals surface area contributed by atoms with Crippen molar-refractivity contribution in [2.45, 2.75) is 20.0 Å². The fourth-order valence-corrected chi connectivity index (χ4v) is 2.11. The van der Waals surface area contributed by atoms with Crippen molar-refractivity contribution in [3.63, 3.8) is 0 Å². The van der Waals surface area contributed by atoms with E-state index in [9.17, 15) is 0 Å². The van der Waals surface area contributed by atoms with E-state index in [0.29, 0.717) is 12.7 Å². The summed E-state index contributed by atoms with van der Waals surface area (Å²) in [5.41, 5.74) is 8.16. The number of anilines is 1. The number of nitrogens with two attached hydrogens (primary N) is 1. The van der Waals surface area contributed by atoms with E-state index in [1.54, 1.807) is 0 Å². The first-order valence-corrected chi connectivity index (χ1v) is 5.72. The molecule has 3 nitrogen and oxygen atoms in total. The van der Waals surface area contributed by atoms with Crippen molar-refractivity contribution in [2.75, 3.05) is 18.0 Å². The number of benzene rings is 1. The van der Waals surface area contributed by atoms with Crippen LogP contribution in [0, 0.1) is 6.92 Å². The highest BCUT2D eigenvalue weighted by atomic mass is 15.4. The molecule has 1 aromatic carbocycles. The second-order valence-electron chi connectivity index (χ2n) is 4.15. The van der Waals surface area contributed by atoms with Gasteiger partial charge in [-0.05, 0) is 25.5 Å². The molecule has 1 aromatic rings. The first-order valence-electron chi connectivity index (χ1n) is 5.72. The first kappa shape index (κ1) is 11.0. The summed E-state index contributed by atoms with van der Waals surface area (Å²) >= 11 is 0. The minimum absolute atomic E-state index is 0.352. The van der Waals surface area contributed by atoms with E-state index in [2.05, 4.69) is 60.3 Å². The fourth-order valence-electron chi connectivity index (χ4n) is 2.11. The normalized spacial score (nSPS) is 19.6. The van der Waals surface area contributed by atoms with Gasteiger partial charge in [0.2, 0.25) is 0 Å². The van der Waals surface area contributed by atoms with Crippen LogP contribution in [0.1, 0.15) is 12.5 Å². The zero-order valence-corrected chi connectivity index (χ0v) is 9.93. The lowest BCUT2D eigenvalue weighted by Crippen LogP contribution is -2.38. The lowest BCUT2D eigenvalue weighted by atomic mass is 10.2. The van der Waals surface area contributed by atoms with Crippen LogP contribution in [-0.2, 0) is 0 Å². The van der Waals surface area contributed by atoms with E-state index in [0.717, 1.165) is 6.54 Å². The van der Waals surface area contributed by atoms with Crippen molar-refractivity contribution < 1.29 is 0 Å². The van der Waals surface area contributed by atoms with Crippen molar-refractivity contribution in [2.24, 2.45) is 5.73 Å². The van der Waals surface area contributed by atoms with Gasteiger partial charge in [0.15, 0.2) is 0 Å². The quantitative estimate of drug-likeness (QED) is 0.839. The molecule has 0 saturated heterocycles. The molecule has 1 heterocycles. The average molecular weight is 217 g/mol. The molecule has 0 amide bonds. The van der Waals surface area contributed by atoms with E-state index >= 15 is 0 Å². The van der Waals surface area contributed by atoms with Crippen LogP contribution >= 0.6 is 0 Å². The maximum absolute atomic E-state index is 5.59. The Kier molecular flexibility index (Phi) is 3.15. The van der Waals surface area contributed by atoms with Crippen LogP contribution in [0.5, 0.6) is 0 Å². The molecule has 0 bridgehead atoms. The Morgan fingerprint density at radius 1 is 1.25 bits per heavy atom. The van der Waals surface area contributed by atoms with Crippen molar-refractivity contribution in [1.82, 2.24) is 4.90 Å². The first-order chi connectivity index (χ1) is 7.74. The third kappa shape index (κ3) is 1.91. The smallest absolute Gasteiger partial charge is 0.103 e. The van der Waals surface area contributed by atoms with Crippen molar-refractivity contribution >= 4 is 5.69 Å². The summed E-state index contributed by atoms with van der Waals surface area (Å²) in [4.78, 5) is 4.54. The Morgan fingerprint density at radius 3 is 2.69 bits per heavy atom. The summed E-state index contributed by atoms with van der Waals surface area (Å²) in [5.74, 6) is 0. The molecule has 1 aliphatic rings. The Balaban J connectivity index is 2.19. The van der Waals surface area contributed by atoms with Crippen LogP contribution in [0.25, 0.3) is 0 Å². The zero-order valence-electron chi connectivity index (χ0n) is 9.93. The predicted octanol–water partition coefficient (Wildman–Crippen LogP) is 1.89. The lowest BCUT2D eigenvalue weighted by Gasteiger charge is -2.30. The molecule has 0 unspecified atom stereocenters. The number of para-hydroxylation sites is 1. The summed E-state index contributed by atoms with van der Waals surface area (Å²) in [7, 11) is 0. The van der Waals surface area contributed by atoms with Crippen LogP contribution in [-0.4, -0.2) is 24.2 Å². The molecule has 0 radical (unpaired) electrons. The molecule has 1 aliphatic heterocycles.